The Morgan fingerprint density at radius 1 is 0.515 bits per heavy atom. The molecule has 0 aliphatic carbocycles. The van der Waals surface area contributed by atoms with Crippen LogP contribution in [0.3, 0.4) is 0 Å². The van der Waals surface area contributed by atoms with Gasteiger partial charge >= 0.3 is 0 Å². The zero-order valence-electron chi connectivity index (χ0n) is 22.9. The van der Waals surface area contributed by atoms with E-state index in [0.717, 1.165) is 19.4 Å². The highest BCUT2D eigenvalue weighted by Gasteiger charge is 1.94. The van der Waals surface area contributed by atoms with Crippen molar-refractivity contribution in [2.75, 3.05) is 6.54 Å². The molecular weight excluding hydrogens is 404 g/mol. The van der Waals surface area contributed by atoms with Gasteiger partial charge in [-0.15, -0.1) is 0 Å². The van der Waals surface area contributed by atoms with Gasteiger partial charge in [-0.2, -0.15) is 0 Å². The fourth-order valence-corrected chi connectivity index (χ4v) is 4.00. The molecule has 0 rings (SSSR count). The number of primary amides is 1. The molecule has 0 radical (unpaired) electrons. The summed E-state index contributed by atoms with van der Waals surface area (Å²) in [7, 11) is 0. The van der Waals surface area contributed by atoms with Crippen LogP contribution in [0.1, 0.15) is 168 Å². The SMILES string of the molecule is CCCCCCC=CCCCCCCCC(N)=O.CCCCCCCCCCCCCCN. The molecule has 198 valence electrons. The standard InChI is InChI=1S/C16H31NO.C14H31N/c1-2-3-4-5-6-7-8-9-10-11-12-13-14-15-16(17)18;1-2-3-4-5-6-7-8-9-10-11-12-13-14-15/h7-8H,2-6,9-15H2,1H3,(H2,17,18);2-15H2,1H3. The zero-order chi connectivity index (χ0) is 24.7. The first-order valence-electron chi connectivity index (χ1n) is 14.8. The van der Waals surface area contributed by atoms with Gasteiger partial charge in [-0.1, -0.05) is 135 Å². The molecule has 0 aliphatic heterocycles. The molecular formula is C30H62N2O. The van der Waals surface area contributed by atoms with Crippen molar-refractivity contribution >= 4 is 5.91 Å². The maximum absolute atomic E-state index is 10.5. The van der Waals surface area contributed by atoms with E-state index in [1.54, 1.807) is 0 Å². The molecule has 1 amide bonds. The highest BCUT2D eigenvalue weighted by molar-refractivity contribution is 5.73. The summed E-state index contributed by atoms with van der Waals surface area (Å²) >= 11 is 0. The summed E-state index contributed by atoms with van der Waals surface area (Å²) in [6.07, 6.45) is 35.9. The number of amides is 1. The fourth-order valence-electron chi connectivity index (χ4n) is 4.00. The van der Waals surface area contributed by atoms with Gasteiger partial charge in [0, 0.05) is 6.42 Å². The minimum Gasteiger partial charge on any atom is -0.370 e. The molecule has 3 heteroatoms. The van der Waals surface area contributed by atoms with E-state index in [0.29, 0.717) is 6.42 Å². The van der Waals surface area contributed by atoms with Crippen molar-refractivity contribution in [3.63, 3.8) is 0 Å². The number of unbranched alkanes of at least 4 members (excludes halogenated alkanes) is 20. The average Bonchev–Trinajstić information content (AvgIpc) is 2.81. The molecule has 4 N–H and O–H groups in total. The van der Waals surface area contributed by atoms with Crippen LogP contribution in [0.5, 0.6) is 0 Å². The van der Waals surface area contributed by atoms with Gasteiger partial charge in [-0.05, 0) is 45.1 Å². The van der Waals surface area contributed by atoms with Crippen LogP contribution >= 0.6 is 0 Å². The Bertz CT molecular complexity index is 369. The quantitative estimate of drug-likeness (QED) is 0.104. The smallest absolute Gasteiger partial charge is 0.217 e. The average molecular weight is 467 g/mol. The summed E-state index contributed by atoms with van der Waals surface area (Å²) in [6, 6.07) is 0. The van der Waals surface area contributed by atoms with Gasteiger partial charge in [0.15, 0.2) is 0 Å². The van der Waals surface area contributed by atoms with E-state index in [-0.39, 0.29) is 5.91 Å². The molecule has 0 aliphatic rings. The zero-order valence-corrected chi connectivity index (χ0v) is 22.9. The summed E-state index contributed by atoms with van der Waals surface area (Å²) in [6.45, 7) is 5.40. The van der Waals surface area contributed by atoms with Crippen LogP contribution in [-0.2, 0) is 4.79 Å². The summed E-state index contributed by atoms with van der Waals surface area (Å²) in [5, 5.41) is 0. The highest BCUT2D eigenvalue weighted by Crippen LogP contribution is 2.11. The number of hydrogen-bond acceptors (Lipinski definition) is 2. The van der Waals surface area contributed by atoms with E-state index >= 15 is 0 Å². The predicted molar refractivity (Wildman–Crippen MR) is 150 cm³/mol. The normalized spacial score (nSPS) is 11.0. The molecule has 0 aromatic rings. The van der Waals surface area contributed by atoms with Crippen molar-refractivity contribution in [1.29, 1.82) is 0 Å². The third-order valence-electron chi connectivity index (χ3n) is 6.24. The van der Waals surface area contributed by atoms with E-state index in [1.807, 2.05) is 0 Å². The monoisotopic (exact) mass is 466 g/mol. The van der Waals surface area contributed by atoms with Crippen molar-refractivity contribution in [3.8, 4) is 0 Å². The number of hydrogen-bond donors (Lipinski definition) is 2. The third kappa shape index (κ3) is 38.7. The van der Waals surface area contributed by atoms with E-state index < -0.39 is 0 Å². The summed E-state index contributed by atoms with van der Waals surface area (Å²) in [5.41, 5.74) is 10.5. The Morgan fingerprint density at radius 2 is 0.848 bits per heavy atom. The molecule has 0 saturated heterocycles. The topological polar surface area (TPSA) is 69.1 Å². The van der Waals surface area contributed by atoms with Crippen LogP contribution in [0.4, 0.5) is 0 Å². The largest absolute Gasteiger partial charge is 0.370 e. The lowest BCUT2D eigenvalue weighted by Gasteiger charge is -2.01. The molecule has 0 unspecified atom stereocenters. The summed E-state index contributed by atoms with van der Waals surface area (Å²) < 4.78 is 0. The number of rotatable bonds is 25. The second kappa shape index (κ2) is 33.3. The molecule has 3 nitrogen and oxygen atoms in total. The third-order valence-corrected chi connectivity index (χ3v) is 6.24. The summed E-state index contributed by atoms with van der Waals surface area (Å²) in [5.74, 6) is -0.166. The summed E-state index contributed by atoms with van der Waals surface area (Å²) in [4.78, 5) is 10.5. The molecule has 0 saturated carbocycles. The van der Waals surface area contributed by atoms with E-state index in [9.17, 15) is 4.79 Å². The van der Waals surface area contributed by atoms with E-state index in [2.05, 4.69) is 26.0 Å². The number of nitrogens with two attached hydrogens (primary N) is 2. The van der Waals surface area contributed by atoms with Gasteiger partial charge in [-0.3, -0.25) is 4.79 Å². The lowest BCUT2D eigenvalue weighted by Crippen LogP contribution is -2.09. The maximum Gasteiger partial charge on any atom is 0.217 e. The van der Waals surface area contributed by atoms with Gasteiger partial charge in [0.2, 0.25) is 5.91 Å². The van der Waals surface area contributed by atoms with Crippen LogP contribution < -0.4 is 11.5 Å². The first-order valence-corrected chi connectivity index (χ1v) is 14.8. The van der Waals surface area contributed by atoms with Gasteiger partial charge < -0.3 is 11.5 Å². The van der Waals surface area contributed by atoms with Crippen molar-refractivity contribution in [1.82, 2.24) is 0 Å². The van der Waals surface area contributed by atoms with Crippen molar-refractivity contribution in [3.05, 3.63) is 12.2 Å². The second-order valence-corrected chi connectivity index (χ2v) is 9.77. The first kappa shape index (κ1) is 34.3. The Hall–Kier alpha value is -0.830. The molecule has 0 bridgehead atoms. The minimum absolute atomic E-state index is 0.166. The fraction of sp³-hybridized carbons (Fsp3) is 0.900. The molecule has 0 heterocycles. The van der Waals surface area contributed by atoms with Crippen LogP contribution in [0.15, 0.2) is 12.2 Å². The Labute approximate surface area is 208 Å². The van der Waals surface area contributed by atoms with Gasteiger partial charge in [-0.25, -0.2) is 0 Å². The van der Waals surface area contributed by atoms with Crippen LogP contribution in [0.25, 0.3) is 0 Å². The number of carbonyl (C=O) groups is 1. The van der Waals surface area contributed by atoms with Crippen LogP contribution in [0, 0.1) is 0 Å². The second-order valence-electron chi connectivity index (χ2n) is 9.77. The van der Waals surface area contributed by atoms with Crippen LogP contribution in [-0.4, -0.2) is 12.5 Å². The Balaban J connectivity index is 0. The first-order chi connectivity index (χ1) is 16.2. The highest BCUT2D eigenvalue weighted by atomic mass is 16.1. The predicted octanol–water partition coefficient (Wildman–Crippen LogP) is 9.38. The van der Waals surface area contributed by atoms with Crippen molar-refractivity contribution < 1.29 is 4.79 Å². The lowest BCUT2D eigenvalue weighted by atomic mass is 10.1. The molecule has 0 fully saturated rings. The van der Waals surface area contributed by atoms with E-state index in [1.165, 1.54) is 135 Å². The van der Waals surface area contributed by atoms with Crippen molar-refractivity contribution in [2.24, 2.45) is 11.5 Å². The molecule has 0 spiro atoms. The maximum atomic E-state index is 10.5. The minimum atomic E-state index is -0.166. The Morgan fingerprint density at radius 3 is 1.24 bits per heavy atom. The van der Waals surface area contributed by atoms with Crippen molar-refractivity contribution in [2.45, 2.75) is 168 Å². The van der Waals surface area contributed by atoms with E-state index in [4.69, 9.17) is 11.5 Å². The van der Waals surface area contributed by atoms with Crippen LogP contribution in [0.2, 0.25) is 0 Å². The van der Waals surface area contributed by atoms with Gasteiger partial charge in [0.25, 0.3) is 0 Å². The molecule has 33 heavy (non-hydrogen) atoms. The van der Waals surface area contributed by atoms with Gasteiger partial charge in [0.1, 0.15) is 0 Å². The van der Waals surface area contributed by atoms with Gasteiger partial charge in [0.05, 0.1) is 0 Å². The number of allylic oxidation sites excluding steroid dienone is 2. The number of carbonyl (C=O) groups excluding carboxylic acids is 1. The molecule has 0 atom stereocenters. The molecule has 0 aromatic carbocycles. The molecule has 0 aromatic heterocycles. The lowest BCUT2D eigenvalue weighted by molar-refractivity contribution is -0.118. The Kier molecular flexibility index (Phi) is 34.7.